The summed E-state index contributed by atoms with van der Waals surface area (Å²) in [5.74, 6) is 1.47. The topological polar surface area (TPSA) is 28.2 Å². The predicted molar refractivity (Wildman–Crippen MR) is 92.7 cm³/mol. The average molecular weight is 291 g/mol. The van der Waals surface area contributed by atoms with Crippen LogP contribution in [0.4, 0.5) is 5.69 Å². The molecule has 120 valence electrons. The quantitative estimate of drug-likeness (QED) is 0.704. The van der Waals surface area contributed by atoms with Crippen molar-refractivity contribution >= 4 is 5.69 Å². The Morgan fingerprint density at radius 2 is 1.71 bits per heavy atom. The van der Waals surface area contributed by atoms with Gasteiger partial charge in [-0.1, -0.05) is 34.6 Å². The van der Waals surface area contributed by atoms with Gasteiger partial charge < -0.3 is 10.2 Å². The van der Waals surface area contributed by atoms with Crippen LogP contribution in [0, 0.1) is 11.8 Å². The summed E-state index contributed by atoms with van der Waals surface area (Å²) in [6.45, 7) is 15.5. The molecular weight excluding hydrogens is 258 g/mol. The number of pyridine rings is 1. The highest BCUT2D eigenvalue weighted by atomic mass is 15.1. The van der Waals surface area contributed by atoms with Gasteiger partial charge in [-0.3, -0.25) is 4.98 Å². The number of anilines is 1. The van der Waals surface area contributed by atoms with Crippen LogP contribution >= 0.6 is 0 Å². The predicted octanol–water partition coefficient (Wildman–Crippen LogP) is 4.09. The fourth-order valence-electron chi connectivity index (χ4n) is 2.29. The fourth-order valence-corrected chi connectivity index (χ4v) is 2.29. The molecule has 0 radical (unpaired) electrons. The Labute approximate surface area is 131 Å². The molecule has 0 aliphatic heterocycles. The third kappa shape index (κ3) is 6.94. The van der Waals surface area contributed by atoms with Gasteiger partial charge in [-0.25, -0.2) is 0 Å². The highest BCUT2D eigenvalue weighted by Crippen LogP contribution is 2.21. The Kier molecular flexibility index (Phi) is 8.36. The maximum absolute atomic E-state index is 4.36. The van der Waals surface area contributed by atoms with Crippen LogP contribution in [0.5, 0.6) is 0 Å². The van der Waals surface area contributed by atoms with E-state index in [1.165, 1.54) is 24.1 Å². The number of hydrogen-bond acceptors (Lipinski definition) is 3. The molecule has 3 heteroatoms. The SMILES string of the molecule is CCNCc1ccncc1N(CCC(C)C)CCC(C)C. The van der Waals surface area contributed by atoms with Crippen molar-refractivity contribution in [2.24, 2.45) is 11.8 Å². The first-order valence-corrected chi connectivity index (χ1v) is 8.43. The van der Waals surface area contributed by atoms with E-state index in [2.05, 4.69) is 55.9 Å². The Morgan fingerprint density at radius 3 is 2.24 bits per heavy atom. The van der Waals surface area contributed by atoms with Crippen LogP contribution in [0.2, 0.25) is 0 Å². The zero-order chi connectivity index (χ0) is 15.7. The van der Waals surface area contributed by atoms with Gasteiger partial charge in [-0.05, 0) is 42.9 Å². The summed E-state index contributed by atoms with van der Waals surface area (Å²) in [6.07, 6.45) is 6.40. The lowest BCUT2D eigenvalue weighted by molar-refractivity contribution is 0.533. The molecule has 1 N–H and O–H groups in total. The van der Waals surface area contributed by atoms with E-state index in [9.17, 15) is 0 Å². The van der Waals surface area contributed by atoms with Crippen LogP contribution in [0.25, 0.3) is 0 Å². The maximum Gasteiger partial charge on any atom is 0.0598 e. The van der Waals surface area contributed by atoms with Crippen molar-refractivity contribution in [3.8, 4) is 0 Å². The molecule has 3 nitrogen and oxygen atoms in total. The van der Waals surface area contributed by atoms with Crippen molar-refractivity contribution in [2.45, 2.75) is 54.0 Å². The van der Waals surface area contributed by atoms with Gasteiger partial charge in [0.15, 0.2) is 0 Å². The molecule has 0 atom stereocenters. The minimum absolute atomic E-state index is 0.737. The van der Waals surface area contributed by atoms with E-state index in [-0.39, 0.29) is 0 Å². The van der Waals surface area contributed by atoms with Crippen molar-refractivity contribution in [2.75, 3.05) is 24.5 Å². The first kappa shape index (κ1) is 18.0. The Morgan fingerprint density at radius 1 is 1.10 bits per heavy atom. The smallest absolute Gasteiger partial charge is 0.0598 e. The van der Waals surface area contributed by atoms with Crippen LogP contribution in [-0.2, 0) is 6.54 Å². The highest BCUT2D eigenvalue weighted by molar-refractivity contribution is 5.51. The van der Waals surface area contributed by atoms with Gasteiger partial charge in [0, 0.05) is 25.8 Å². The van der Waals surface area contributed by atoms with E-state index < -0.39 is 0 Å². The molecule has 0 spiro atoms. The summed E-state index contributed by atoms with van der Waals surface area (Å²) >= 11 is 0. The van der Waals surface area contributed by atoms with E-state index in [4.69, 9.17) is 0 Å². The lowest BCUT2D eigenvalue weighted by Crippen LogP contribution is -2.29. The monoisotopic (exact) mass is 291 g/mol. The summed E-state index contributed by atoms with van der Waals surface area (Å²) in [5.41, 5.74) is 2.67. The van der Waals surface area contributed by atoms with Gasteiger partial charge in [0.05, 0.1) is 11.9 Å². The molecular formula is C18H33N3. The first-order chi connectivity index (χ1) is 10.0. The maximum atomic E-state index is 4.36. The second kappa shape index (κ2) is 9.78. The van der Waals surface area contributed by atoms with E-state index >= 15 is 0 Å². The third-order valence-corrected chi connectivity index (χ3v) is 3.75. The van der Waals surface area contributed by atoms with Gasteiger partial charge in [0.2, 0.25) is 0 Å². The molecule has 0 amide bonds. The van der Waals surface area contributed by atoms with Crippen LogP contribution in [-0.4, -0.2) is 24.6 Å². The summed E-state index contributed by atoms with van der Waals surface area (Å²) in [4.78, 5) is 6.89. The number of hydrogen-bond donors (Lipinski definition) is 1. The van der Waals surface area contributed by atoms with Crippen LogP contribution in [0.15, 0.2) is 18.5 Å². The second-order valence-corrected chi connectivity index (χ2v) is 6.64. The molecule has 0 saturated heterocycles. The molecule has 0 aliphatic carbocycles. The highest BCUT2D eigenvalue weighted by Gasteiger charge is 2.12. The van der Waals surface area contributed by atoms with E-state index in [1.807, 2.05) is 12.4 Å². The average Bonchev–Trinajstić information content (AvgIpc) is 2.45. The van der Waals surface area contributed by atoms with E-state index in [1.54, 1.807) is 0 Å². The van der Waals surface area contributed by atoms with Crippen LogP contribution < -0.4 is 10.2 Å². The van der Waals surface area contributed by atoms with Crippen molar-refractivity contribution in [3.63, 3.8) is 0 Å². The fraction of sp³-hybridized carbons (Fsp3) is 0.722. The molecule has 1 heterocycles. The molecule has 1 aromatic rings. The Balaban J connectivity index is 2.84. The first-order valence-electron chi connectivity index (χ1n) is 8.43. The summed E-state index contributed by atoms with van der Waals surface area (Å²) in [5, 5.41) is 3.44. The third-order valence-electron chi connectivity index (χ3n) is 3.75. The molecule has 0 aromatic carbocycles. The Bertz CT molecular complexity index is 376. The lowest BCUT2D eigenvalue weighted by atomic mass is 10.1. The van der Waals surface area contributed by atoms with Crippen molar-refractivity contribution in [1.82, 2.24) is 10.3 Å². The standard InChI is InChI=1S/C18H33N3/c1-6-19-13-17-7-10-20-14-18(17)21(11-8-15(2)3)12-9-16(4)5/h7,10,14-16,19H,6,8-9,11-13H2,1-5H3. The van der Waals surface area contributed by atoms with E-state index in [0.717, 1.165) is 38.0 Å². The van der Waals surface area contributed by atoms with Gasteiger partial charge in [0.25, 0.3) is 0 Å². The molecule has 1 rings (SSSR count). The zero-order valence-corrected chi connectivity index (χ0v) is 14.5. The van der Waals surface area contributed by atoms with Crippen molar-refractivity contribution in [3.05, 3.63) is 24.0 Å². The zero-order valence-electron chi connectivity index (χ0n) is 14.5. The molecule has 0 bridgehead atoms. The number of aromatic nitrogens is 1. The molecule has 1 aromatic heterocycles. The summed E-state index contributed by atoms with van der Waals surface area (Å²) in [7, 11) is 0. The van der Waals surface area contributed by atoms with Crippen LogP contribution in [0.3, 0.4) is 0 Å². The number of nitrogens with zero attached hydrogens (tertiary/aromatic N) is 2. The normalized spacial score (nSPS) is 11.4. The van der Waals surface area contributed by atoms with Crippen molar-refractivity contribution in [1.29, 1.82) is 0 Å². The molecule has 0 unspecified atom stereocenters. The summed E-state index contributed by atoms with van der Waals surface area (Å²) < 4.78 is 0. The molecule has 0 saturated carbocycles. The van der Waals surface area contributed by atoms with Crippen LogP contribution in [0.1, 0.15) is 53.0 Å². The van der Waals surface area contributed by atoms with E-state index in [0.29, 0.717) is 0 Å². The van der Waals surface area contributed by atoms with Gasteiger partial charge in [0.1, 0.15) is 0 Å². The molecule has 21 heavy (non-hydrogen) atoms. The van der Waals surface area contributed by atoms with Gasteiger partial charge >= 0.3 is 0 Å². The van der Waals surface area contributed by atoms with Gasteiger partial charge in [-0.2, -0.15) is 0 Å². The molecule has 0 fully saturated rings. The number of nitrogens with one attached hydrogen (secondary N) is 1. The molecule has 0 aliphatic rings. The minimum Gasteiger partial charge on any atom is -0.370 e. The minimum atomic E-state index is 0.737. The van der Waals surface area contributed by atoms with Crippen molar-refractivity contribution < 1.29 is 0 Å². The second-order valence-electron chi connectivity index (χ2n) is 6.64. The van der Waals surface area contributed by atoms with Gasteiger partial charge in [-0.15, -0.1) is 0 Å². The summed E-state index contributed by atoms with van der Waals surface area (Å²) in [6, 6.07) is 2.15. The Hall–Kier alpha value is -1.09. The number of rotatable bonds is 10. The largest absolute Gasteiger partial charge is 0.370 e. The lowest BCUT2D eigenvalue weighted by Gasteiger charge is -2.28.